The summed E-state index contributed by atoms with van der Waals surface area (Å²) in [7, 11) is -3.87. The number of nitrogens with two attached hydrogens (primary N) is 1. The van der Waals surface area contributed by atoms with Crippen molar-refractivity contribution < 1.29 is 17.6 Å². The van der Waals surface area contributed by atoms with Crippen molar-refractivity contribution in [2.45, 2.75) is 50.0 Å². The molecule has 0 bridgehead atoms. The summed E-state index contributed by atoms with van der Waals surface area (Å²) in [5.74, 6) is -1.06. The maximum atomic E-state index is 13.8. The molecular formula is C18H29ClFN3O3S. The van der Waals surface area contributed by atoms with Crippen LogP contribution in [-0.2, 0) is 14.8 Å². The van der Waals surface area contributed by atoms with Crippen molar-refractivity contribution in [1.29, 1.82) is 0 Å². The minimum absolute atomic E-state index is 0. The number of nitrogens with one attached hydrogen (secondary N) is 1. The molecule has 1 aromatic rings. The highest BCUT2D eigenvalue weighted by Crippen LogP contribution is 2.25. The summed E-state index contributed by atoms with van der Waals surface area (Å²) in [6.45, 7) is 2.89. The number of carbonyl (C=O) groups excluding carboxylic acids is 1. The third-order valence-electron chi connectivity index (χ3n) is 4.82. The lowest BCUT2D eigenvalue weighted by Crippen LogP contribution is -2.47. The maximum Gasteiger partial charge on any atom is 0.245 e. The highest BCUT2D eigenvalue weighted by Gasteiger charge is 2.33. The highest BCUT2D eigenvalue weighted by atomic mass is 35.5. The zero-order valence-corrected chi connectivity index (χ0v) is 17.2. The van der Waals surface area contributed by atoms with Gasteiger partial charge >= 0.3 is 0 Å². The van der Waals surface area contributed by atoms with Gasteiger partial charge in [0.2, 0.25) is 15.9 Å². The van der Waals surface area contributed by atoms with E-state index >= 15 is 0 Å². The Bertz CT molecular complexity index is 710. The van der Waals surface area contributed by atoms with E-state index in [1.165, 1.54) is 22.5 Å². The van der Waals surface area contributed by atoms with Crippen LogP contribution < -0.4 is 11.1 Å². The zero-order valence-electron chi connectivity index (χ0n) is 15.6. The van der Waals surface area contributed by atoms with Crippen LogP contribution in [0.4, 0.5) is 4.39 Å². The molecule has 0 aromatic heterocycles. The number of nitrogens with zero attached hydrogens (tertiary/aromatic N) is 1. The number of carbonyl (C=O) groups is 1. The van der Waals surface area contributed by atoms with Gasteiger partial charge in [0.25, 0.3) is 0 Å². The summed E-state index contributed by atoms with van der Waals surface area (Å²) < 4.78 is 40.3. The van der Waals surface area contributed by atoms with Gasteiger partial charge in [-0.25, -0.2) is 12.8 Å². The third-order valence-corrected chi connectivity index (χ3v) is 6.75. The lowest BCUT2D eigenvalue weighted by atomic mass is 9.96. The fourth-order valence-electron chi connectivity index (χ4n) is 3.17. The number of piperidine rings is 1. The van der Waals surface area contributed by atoms with Crippen LogP contribution in [-0.4, -0.2) is 44.3 Å². The van der Waals surface area contributed by atoms with E-state index in [0.29, 0.717) is 19.4 Å². The summed E-state index contributed by atoms with van der Waals surface area (Å²) in [6, 6.07) is 5.32. The quantitative estimate of drug-likeness (QED) is 0.673. The van der Waals surface area contributed by atoms with Crippen LogP contribution >= 0.6 is 12.4 Å². The lowest BCUT2D eigenvalue weighted by molar-refractivity contribution is -0.126. The molecule has 1 amide bonds. The molecule has 1 saturated heterocycles. The SMILES string of the molecule is CCCCC(CN)NC(=O)C1CCN(S(=O)(=O)c2ccccc2F)CC1.Cl. The van der Waals surface area contributed by atoms with Crippen LogP contribution in [0, 0.1) is 11.7 Å². The van der Waals surface area contributed by atoms with Crippen LogP contribution in [0.5, 0.6) is 0 Å². The molecule has 1 fully saturated rings. The molecule has 1 aliphatic heterocycles. The molecular weight excluding hydrogens is 393 g/mol. The van der Waals surface area contributed by atoms with Crippen molar-refractivity contribution in [1.82, 2.24) is 9.62 Å². The van der Waals surface area contributed by atoms with Crippen molar-refractivity contribution in [3.05, 3.63) is 30.1 Å². The first kappa shape index (κ1) is 23.8. The first-order valence-corrected chi connectivity index (χ1v) is 10.6. The van der Waals surface area contributed by atoms with E-state index in [2.05, 4.69) is 12.2 Å². The second-order valence-corrected chi connectivity index (χ2v) is 8.60. The molecule has 6 nitrogen and oxygen atoms in total. The Kier molecular flexibility index (Phi) is 9.66. The van der Waals surface area contributed by atoms with Gasteiger partial charge in [-0.05, 0) is 31.4 Å². The van der Waals surface area contributed by atoms with Gasteiger partial charge in [0.15, 0.2) is 0 Å². The van der Waals surface area contributed by atoms with Gasteiger partial charge in [0.05, 0.1) is 0 Å². The molecule has 3 N–H and O–H groups in total. The number of benzene rings is 1. The summed E-state index contributed by atoms with van der Waals surface area (Å²) in [5, 5.41) is 2.97. The summed E-state index contributed by atoms with van der Waals surface area (Å²) in [4.78, 5) is 12.1. The third kappa shape index (κ3) is 6.14. The number of rotatable bonds is 8. The number of hydrogen-bond acceptors (Lipinski definition) is 4. The predicted octanol–water partition coefficient (Wildman–Crippen LogP) is 2.28. The Labute approximate surface area is 167 Å². The molecule has 0 radical (unpaired) electrons. The summed E-state index contributed by atoms with van der Waals surface area (Å²) >= 11 is 0. The Balaban J connectivity index is 0.00000364. The second-order valence-electron chi connectivity index (χ2n) is 6.69. The van der Waals surface area contributed by atoms with Gasteiger partial charge in [-0.3, -0.25) is 4.79 Å². The van der Waals surface area contributed by atoms with Crippen molar-refractivity contribution in [2.75, 3.05) is 19.6 Å². The topological polar surface area (TPSA) is 92.5 Å². The smallest absolute Gasteiger partial charge is 0.245 e. The molecule has 0 spiro atoms. The van der Waals surface area contributed by atoms with E-state index in [1.807, 2.05) is 0 Å². The van der Waals surface area contributed by atoms with Gasteiger partial charge in [0.1, 0.15) is 10.7 Å². The van der Waals surface area contributed by atoms with Gasteiger partial charge in [-0.1, -0.05) is 31.9 Å². The van der Waals surface area contributed by atoms with Crippen molar-refractivity contribution >= 4 is 28.3 Å². The van der Waals surface area contributed by atoms with E-state index < -0.39 is 15.8 Å². The van der Waals surface area contributed by atoms with Crippen LogP contribution in [0.15, 0.2) is 29.2 Å². The Morgan fingerprint density at radius 1 is 1.33 bits per heavy atom. The minimum atomic E-state index is -3.87. The molecule has 0 saturated carbocycles. The summed E-state index contributed by atoms with van der Waals surface area (Å²) in [6.07, 6.45) is 3.73. The average molecular weight is 422 g/mol. The first-order valence-electron chi connectivity index (χ1n) is 9.15. The Morgan fingerprint density at radius 2 is 1.96 bits per heavy atom. The van der Waals surface area contributed by atoms with Gasteiger partial charge in [-0.15, -0.1) is 12.4 Å². The summed E-state index contributed by atoms with van der Waals surface area (Å²) in [5.41, 5.74) is 5.71. The number of sulfonamides is 1. The molecule has 27 heavy (non-hydrogen) atoms. The molecule has 9 heteroatoms. The van der Waals surface area contributed by atoms with E-state index in [-0.39, 0.29) is 48.3 Å². The molecule has 1 aromatic carbocycles. The predicted molar refractivity (Wildman–Crippen MR) is 106 cm³/mol. The largest absolute Gasteiger partial charge is 0.352 e. The standard InChI is InChI=1S/C18H28FN3O3S.ClH/c1-2-3-6-15(13-20)21-18(23)14-9-11-22(12-10-14)26(24,25)17-8-5-4-7-16(17)19;/h4-5,7-8,14-15H,2-3,6,9-13,20H2,1H3,(H,21,23);1H. The number of amides is 1. The van der Waals surface area contributed by atoms with Crippen LogP contribution in [0.1, 0.15) is 39.0 Å². The normalized spacial score (nSPS) is 17.1. The molecule has 1 aliphatic rings. The Hall–Kier alpha value is -1.22. The lowest BCUT2D eigenvalue weighted by Gasteiger charge is -2.31. The second kappa shape index (κ2) is 10.9. The number of hydrogen-bond donors (Lipinski definition) is 2. The molecule has 1 atom stereocenters. The van der Waals surface area contributed by atoms with Crippen molar-refractivity contribution in [3.63, 3.8) is 0 Å². The maximum absolute atomic E-state index is 13.8. The van der Waals surface area contributed by atoms with Crippen LogP contribution in [0.2, 0.25) is 0 Å². The van der Waals surface area contributed by atoms with E-state index in [4.69, 9.17) is 5.73 Å². The molecule has 2 rings (SSSR count). The minimum Gasteiger partial charge on any atom is -0.352 e. The molecule has 0 aliphatic carbocycles. The van der Waals surface area contributed by atoms with Gasteiger partial charge in [-0.2, -0.15) is 4.31 Å². The fourth-order valence-corrected chi connectivity index (χ4v) is 4.70. The van der Waals surface area contributed by atoms with E-state index in [9.17, 15) is 17.6 Å². The van der Waals surface area contributed by atoms with Crippen LogP contribution in [0.3, 0.4) is 0 Å². The molecule has 154 valence electrons. The van der Waals surface area contributed by atoms with Crippen molar-refractivity contribution in [2.24, 2.45) is 11.7 Å². The monoisotopic (exact) mass is 421 g/mol. The van der Waals surface area contributed by atoms with Crippen LogP contribution in [0.25, 0.3) is 0 Å². The van der Waals surface area contributed by atoms with Gasteiger partial charge < -0.3 is 11.1 Å². The van der Waals surface area contributed by atoms with E-state index in [0.717, 1.165) is 25.3 Å². The average Bonchev–Trinajstić information content (AvgIpc) is 2.65. The first-order chi connectivity index (χ1) is 12.4. The molecule has 1 unspecified atom stereocenters. The Morgan fingerprint density at radius 3 is 2.52 bits per heavy atom. The van der Waals surface area contributed by atoms with Crippen molar-refractivity contribution in [3.8, 4) is 0 Å². The highest BCUT2D eigenvalue weighted by molar-refractivity contribution is 7.89. The fraction of sp³-hybridized carbons (Fsp3) is 0.611. The zero-order chi connectivity index (χ0) is 19.2. The molecule has 1 heterocycles. The number of unbranched alkanes of at least 4 members (excludes halogenated alkanes) is 1. The van der Waals surface area contributed by atoms with Gasteiger partial charge in [0, 0.05) is 31.6 Å². The van der Waals surface area contributed by atoms with E-state index in [1.54, 1.807) is 0 Å². The number of halogens is 2.